The van der Waals surface area contributed by atoms with Gasteiger partial charge in [-0.15, -0.1) is 17.9 Å². The Labute approximate surface area is 178 Å². The number of hydrogen-bond donors (Lipinski definition) is 1. The van der Waals surface area contributed by atoms with Crippen molar-refractivity contribution in [1.29, 1.82) is 0 Å². The van der Waals surface area contributed by atoms with E-state index >= 15 is 0 Å². The Kier molecular flexibility index (Phi) is 8.44. The second-order valence-corrected chi connectivity index (χ2v) is 7.72. The lowest BCUT2D eigenvalue weighted by atomic mass is 10.2. The van der Waals surface area contributed by atoms with Crippen molar-refractivity contribution in [2.24, 2.45) is 4.99 Å². The van der Waals surface area contributed by atoms with Crippen molar-refractivity contribution >= 4 is 33.0 Å². The van der Waals surface area contributed by atoms with E-state index in [9.17, 15) is 8.78 Å². The van der Waals surface area contributed by atoms with Gasteiger partial charge in [0, 0.05) is 31.6 Å². The normalized spacial score (nSPS) is 17.9. The minimum Gasteiger partial charge on any atom is -0.353 e. The Balaban J connectivity index is 1.55. The summed E-state index contributed by atoms with van der Waals surface area (Å²) < 4.78 is 40.5. The number of nitrogens with one attached hydrogen (secondary N) is 1. The number of rotatable bonds is 10. The van der Waals surface area contributed by atoms with Crippen LogP contribution in [0.25, 0.3) is 10.2 Å². The quantitative estimate of drug-likeness (QED) is 0.332. The molecule has 1 aliphatic rings. The van der Waals surface area contributed by atoms with E-state index < -0.39 is 11.6 Å². The summed E-state index contributed by atoms with van der Waals surface area (Å²) >= 11 is 1.19. The van der Waals surface area contributed by atoms with Crippen molar-refractivity contribution in [3.63, 3.8) is 0 Å². The van der Waals surface area contributed by atoms with Gasteiger partial charge in [-0.05, 0) is 38.3 Å². The first kappa shape index (κ1) is 22.5. The predicted octanol–water partition coefficient (Wildman–Crippen LogP) is 4.72. The molecular weight excluding hydrogens is 410 g/mol. The molecule has 1 atom stereocenters. The molecule has 1 aliphatic heterocycles. The monoisotopic (exact) mass is 436 g/mol. The number of hydrazine groups is 1. The van der Waals surface area contributed by atoms with Crippen molar-refractivity contribution in [3.8, 4) is 0 Å². The Morgan fingerprint density at radius 3 is 3.13 bits per heavy atom. The van der Waals surface area contributed by atoms with Crippen LogP contribution in [0.15, 0.2) is 41.5 Å². The van der Waals surface area contributed by atoms with E-state index in [-0.39, 0.29) is 17.5 Å². The van der Waals surface area contributed by atoms with Gasteiger partial charge in [-0.1, -0.05) is 6.08 Å². The summed E-state index contributed by atoms with van der Waals surface area (Å²) in [6, 6.07) is 1.26. The Hall–Kier alpha value is -2.20. The standard InChI is InChI=1S/C21H26F2N4O2S/c1-3-9-27(10-12-29-18-6-4-5-11-28-18)25-8-7-15(2)26-20-16(22)13-17-21(19(20)23)24-14-30-17/h3,7-8,13-14,18,25H,1,4-6,9-12H2,2H3. The highest BCUT2D eigenvalue weighted by atomic mass is 32.1. The molecule has 30 heavy (non-hydrogen) atoms. The van der Waals surface area contributed by atoms with E-state index in [1.807, 2.05) is 5.01 Å². The zero-order valence-corrected chi connectivity index (χ0v) is 17.8. The molecule has 162 valence electrons. The van der Waals surface area contributed by atoms with Gasteiger partial charge in [0.2, 0.25) is 0 Å². The summed E-state index contributed by atoms with van der Waals surface area (Å²) in [6.45, 7) is 7.90. The summed E-state index contributed by atoms with van der Waals surface area (Å²) in [5.41, 5.74) is 4.84. The third-order valence-corrected chi connectivity index (χ3v) is 5.29. The van der Waals surface area contributed by atoms with Crippen molar-refractivity contribution in [2.45, 2.75) is 32.5 Å². The van der Waals surface area contributed by atoms with Crippen LogP contribution in [-0.4, -0.2) is 48.3 Å². The molecule has 1 N–H and O–H groups in total. The van der Waals surface area contributed by atoms with E-state index in [1.165, 1.54) is 22.9 Å². The number of aliphatic imine (C=N–C) groups is 1. The van der Waals surface area contributed by atoms with Crippen LogP contribution >= 0.6 is 11.3 Å². The van der Waals surface area contributed by atoms with Gasteiger partial charge in [0.15, 0.2) is 17.9 Å². The van der Waals surface area contributed by atoms with Gasteiger partial charge in [-0.25, -0.2) is 23.8 Å². The van der Waals surface area contributed by atoms with Gasteiger partial charge in [0.25, 0.3) is 0 Å². The number of hydrogen-bond acceptors (Lipinski definition) is 7. The number of thiazole rings is 1. The number of fused-ring (bicyclic) bond motifs is 1. The smallest absolute Gasteiger partial charge is 0.178 e. The van der Waals surface area contributed by atoms with Crippen LogP contribution in [0, 0.1) is 11.6 Å². The highest BCUT2D eigenvalue weighted by molar-refractivity contribution is 7.16. The first-order valence-corrected chi connectivity index (χ1v) is 10.7. The van der Waals surface area contributed by atoms with E-state index in [1.54, 1.807) is 25.3 Å². The lowest BCUT2D eigenvalue weighted by molar-refractivity contribution is -0.164. The number of allylic oxidation sites excluding steroid dienone is 1. The maximum atomic E-state index is 14.5. The lowest BCUT2D eigenvalue weighted by Crippen LogP contribution is -2.38. The zero-order valence-electron chi connectivity index (χ0n) is 16.9. The number of benzene rings is 1. The van der Waals surface area contributed by atoms with Crippen LogP contribution in [-0.2, 0) is 9.47 Å². The van der Waals surface area contributed by atoms with Crippen LogP contribution < -0.4 is 5.43 Å². The average Bonchev–Trinajstić information content (AvgIpc) is 3.20. The number of halogens is 2. The fraction of sp³-hybridized carbons (Fsp3) is 0.429. The highest BCUT2D eigenvalue weighted by Gasteiger charge is 2.16. The van der Waals surface area contributed by atoms with Crippen LogP contribution in [0.4, 0.5) is 14.5 Å². The molecule has 0 bridgehead atoms. The minimum atomic E-state index is -0.748. The Bertz CT molecular complexity index is 910. The van der Waals surface area contributed by atoms with Crippen molar-refractivity contribution < 1.29 is 18.3 Å². The molecule has 0 aliphatic carbocycles. The molecule has 3 rings (SSSR count). The molecule has 1 aromatic heterocycles. The summed E-state index contributed by atoms with van der Waals surface area (Å²) in [5.74, 6) is -1.46. The number of aromatic nitrogens is 1. The van der Waals surface area contributed by atoms with Crippen molar-refractivity contribution in [1.82, 2.24) is 15.4 Å². The van der Waals surface area contributed by atoms with E-state index in [0.717, 1.165) is 25.9 Å². The maximum Gasteiger partial charge on any atom is 0.178 e. The highest BCUT2D eigenvalue weighted by Crippen LogP contribution is 2.31. The van der Waals surface area contributed by atoms with Gasteiger partial charge in [0.05, 0.1) is 16.8 Å². The molecule has 2 aromatic rings. The third kappa shape index (κ3) is 6.15. The lowest BCUT2D eigenvalue weighted by Gasteiger charge is -2.25. The SMILES string of the molecule is C=CCN(CCOC1CCCCO1)NC=CC(C)=Nc1c(F)cc2scnc2c1F. The summed E-state index contributed by atoms with van der Waals surface area (Å²) in [7, 11) is 0. The third-order valence-electron chi connectivity index (χ3n) is 4.52. The zero-order chi connectivity index (χ0) is 21.3. The molecular formula is C21H26F2N4O2S. The first-order valence-electron chi connectivity index (χ1n) is 9.86. The molecule has 0 spiro atoms. The molecule has 2 heterocycles. The van der Waals surface area contributed by atoms with Gasteiger partial charge >= 0.3 is 0 Å². The summed E-state index contributed by atoms with van der Waals surface area (Å²) in [5, 5.41) is 1.90. The van der Waals surface area contributed by atoms with Gasteiger partial charge in [-0.3, -0.25) is 0 Å². The maximum absolute atomic E-state index is 14.5. The minimum absolute atomic E-state index is 0.130. The fourth-order valence-corrected chi connectivity index (χ4v) is 3.70. The van der Waals surface area contributed by atoms with Crippen LogP contribution in [0.1, 0.15) is 26.2 Å². The van der Waals surface area contributed by atoms with Gasteiger partial charge in [-0.2, -0.15) is 0 Å². The molecule has 1 fully saturated rings. The van der Waals surface area contributed by atoms with E-state index in [4.69, 9.17) is 9.47 Å². The fourth-order valence-electron chi connectivity index (χ4n) is 3.00. The second-order valence-electron chi connectivity index (χ2n) is 6.84. The average molecular weight is 437 g/mol. The van der Waals surface area contributed by atoms with Crippen LogP contribution in [0.5, 0.6) is 0 Å². The van der Waals surface area contributed by atoms with E-state index in [2.05, 4.69) is 22.0 Å². The molecule has 1 saturated heterocycles. The Morgan fingerprint density at radius 1 is 1.50 bits per heavy atom. The molecule has 1 aromatic carbocycles. The summed E-state index contributed by atoms with van der Waals surface area (Å²) in [6.07, 6.45) is 8.08. The largest absolute Gasteiger partial charge is 0.353 e. The molecule has 0 radical (unpaired) electrons. The summed E-state index contributed by atoms with van der Waals surface area (Å²) in [4.78, 5) is 8.01. The Morgan fingerprint density at radius 2 is 2.37 bits per heavy atom. The first-order chi connectivity index (χ1) is 14.6. The van der Waals surface area contributed by atoms with Crippen molar-refractivity contribution in [2.75, 3.05) is 26.3 Å². The molecule has 0 saturated carbocycles. The predicted molar refractivity (Wildman–Crippen MR) is 116 cm³/mol. The van der Waals surface area contributed by atoms with Crippen molar-refractivity contribution in [3.05, 3.63) is 48.1 Å². The molecule has 6 nitrogen and oxygen atoms in total. The van der Waals surface area contributed by atoms with Crippen LogP contribution in [0.3, 0.4) is 0 Å². The second kappa shape index (κ2) is 11.3. The van der Waals surface area contributed by atoms with Crippen LogP contribution in [0.2, 0.25) is 0 Å². The molecule has 1 unspecified atom stereocenters. The van der Waals surface area contributed by atoms with Gasteiger partial charge in [0.1, 0.15) is 11.2 Å². The van der Waals surface area contributed by atoms with E-state index in [0.29, 0.717) is 30.1 Å². The molecule has 0 amide bonds. The number of ether oxygens (including phenoxy) is 2. The molecule has 9 heteroatoms. The number of nitrogens with zero attached hydrogens (tertiary/aromatic N) is 3. The topological polar surface area (TPSA) is 59.0 Å². The van der Waals surface area contributed by atoms with Gasteiger partial charge < -0.3 is 14.9 Å².